The van der Waals surface area contributed by atoms with Crippen molar-refractivity contribution in [3.63, 3.8) is 0 Å². The molecule has 2 amide bonds. The first-order valence-corrected chi connectivity index (χ1v) is 8.22. The first-order valence-electron chi connectivity index (χ1n) is 8.22. The molecule has 3 rings (SSSR count). The number of halogens is 2. The highest BCUT2D eigenvalue weighted by molar-refractivity contribution is 5.97. The van der Waals surface area contributed by atoms with Crippen LogP contribution in [-0.2, 0) is 4.79 Å². The van der Waals surface area contributed by atoms with Gasteiger partial charge in [0.2, 0.25) is 5.91 Å². The lowest BCUT2D eigenvalue weighted by atomic mass is 10.0. The Morgan fingerprint density at radius 2 is 1.81 bits per heavy atom. The molecule has 0 unspecified atom stereocenters. The summed E-state index contributed by atoms with van der Waals surface area (Å²) in [5, 5.41) is 2.74. The van der Waals surface area contributed by atoms with E-state index < -0.39 is 18.6 Å². The average molecular weight is 360 g/mol. The maximum absolute atomic E-state index is 13.1. The SMILES string of the molecule is O=C1C[C@@H](c2ccccc2)N(C(=O)c2ccccc2OC(F)F)CCN1. The standard InChI is InChI=1S/C19H18F2N2O3/c20-19(21)26-16-9-5-4-8-14(16)18(25)23-11-10-22-17(24)12-15(23)13-6-2-1-3-7-13/h1-9,15,19H,10-12H2,(H,22,24)/t15-/m0/s1. The number of hydrogen-bond acceptors (Lipinski definition) is 3. The van der Waals surface area contributed by atoms with Crippen LogP contribution in [0.5, 0.6) is 5.75 Å². The van der Waals surface area contributed by atoms with Crippen LogP contribution in [0.3, 0.4) is 0 Å². The van der Waals surface area contributed by atoms with E-state index in [9.17, 15) is 18.4 Å². The second kappa shape index (κ2) is 7.95. The van der Waals surface area contributed by atoms with Crippen molar-refractivity contribution in [2.75, 3.05) is 13.1 Å². The van der Waals surface area contributed by atoms with Crippen molar-refractivity contribution < 1.29 is 23.1 Å². The predicted octanol–water partition coefficient (Wildman–Crippen LogP) is 2.99. The molecular formula is C19H18F2N2O3. The molecule has 0 radical (unpaired) electrons. The fraction of sp³-hybridized carbons (Fsp3) is 0.263. The Balaban J connectivity index is 1.96. The summed E-state index contributed by atoms with van der Waals surface area (Å²) in [5.41, 5.74) is 0.855. The summed E-state index contributed by atoms with van der Waals surface area (Å²) in [6.45, 7) is -2.46. The third-order valence-electron chi connectivity index (χ3n) is 4.21. The van der Waals surface area contributed by atoms with Gasteiger partial charge in [0, 0.05) is 13.1 Å². The molecule has 2 aromatic carbocycles. The zero-order chi connectivity index (χ0) is 18.5. The summed E-state index contributed by atoms with van der Waals surface area (Å²) < 4.78 is 29.8. The average Bonchev–Trinajstić information content (AvgIpc) is 2.83. The van der Waals surface area contributed by atoms with E-state index >= 15 is 0 Å². The van der Waals surface area contributed by atoms with Crippen LogP contribution in [0, 0.1) is 0 Å². The van der Waals surface area contributed by atoms with E-state index in [1.54, 1.807) is 6.07 Å². The van der Waals surface area contributed by atoms with Crippen molar-refractivity contribution in [1.82, 2.24) is 10.2 Å². The Kier molecular flexibility index (Phi) is 5.46. The van der Waals surface area contributed by atoms with Crippen molar-refractivity contribution in [3.8, 4) is 5.75 Å². The van der Waals surface area contributed by atoms with Crippen molar-refractivity contribution in [2.45, 2.75) is 19.1 Å². The van der Waals surface area contributed by atoms with Crippen molar-refractivity contribution >= 4 is 11.8 Å². The number of alkyl halides is 2. The minimum Gasteiger partial charge on any atom is -0.434 e. The van der Waals surface area contributed by atoms with Gasteiger partial charge in [0.05, 0.1) is 18.0 Å². The molecule has 7 heteroatoms. The summed E-state index contributed by atoms with van der Waals surface area (Å²) in [7, 11) is 0. The number of carbonyl (C=O) groups excluding carboxylic acids is 2. The molecule has 136 valence electrons. The molecule has 0 saturated carbocycles. The second-order valence-corrected chi connectivity index (χ2v) is 5.85. The van der Waals surface area contributed by atoms with Gasteiger partial charge in [-0.3, -0.25) is 9.59 Å². The molecule has 1 aliphatic heterocycles. The van der Waals surface area contributed by atoms with E-state index in [1.807, 2.05) is 30.3 Å². The fourth-order valence-electron chi connectivity index (χ4n) is 3.04. The lowest BCUT2D eigenvalue weighted by molar-refractivity contribution is -0.121. The van der Waals surface area contributed by atoms with E-state index in [0.717, 1.165) is 5.56 Å². The Morgan fingerprint density at radius 1 is 1.12 bits per heavy atom. The van der Waals surface area contributed by atoms with Gasteiger partial charge in [-0.15, -0.1) is 0 Å². The summed E-state index contributed by atoms with van der Waals surface area (Å²) in [4.78, 5) is 26.6. The van der Waals surface area contributed by atoms with Crippen LogP contribution < -0.4 is 10.1 Å². The first-order chi connectivity index (χ1) is 12.6. The van der Waals surface area contributed by atoms with E-state index in [0.29, 0.717) is 6.54 Å². The maximum atomic E-state index is 13.1. The molecule has 2 aromatic rings. The monoisotopic (exact) mass is 360 g/mol. The molecular weight excluding hydrogens is 342 g/mol. The minimum absolute atomic E-state index is 0.0445. The van der Waals surface area contributed by atoms with Gasteiger partial charge in [-0.05, 0) is 17.7 Å². The Bertz CT molecular complexity index is 783. The number of rotatable bonds is 4. The third-order valence-corrected chi connectivity index (χ3v) is 4.21. The lowest BCUT2D eigenvalue weighted by Crippen LogP contribution is -2.36. The second-order valence-electron chi connectivity index (χ2n) is 5.85. The van der Waals surface area contributed by atoms with Gasteiger partial charge >= 0.3 is 6.61 Å². The number of hydrogen-bond donors (Lipinski definition) is 1. The molecule has 0 bridgehead atoms. The van der Waals surface area contributed by atoms with E-state index in [2.05, 4.69) is 10.1 Å². The van der Waals surface area contributed by atoms with E-state index in [1.165, 1.54) is 23.1 Å². The fourth-order valence-corrected chi connectivity index (χ4v) is 3.04. The Labute approximate surface area is 149 Å². The van der Waals surface area contributed by atoms with Crippen LogP contribution in [0.15, 0.2) is 54.6 Å². The Morgan fingerprint density at radius 3 is 2.54 bits per heavy atom. The molecule has 0 aromatic heterocycles. The normalized spacial score (nSPS) is 17.6. The molecule has 26 heavy (non-hydrogen) atoms. The Hall–Kier alpha value is -2.96. The van der Waals surface area contributed by atoms with Crippen molar-refractivity contribution in [1.29, 1.82) is 0 Å². The number of nitrogens with one attached hydrogen (secondary N) is 1. The predicted molar refractivity (Wildman–Crippen MR) is 90.9 cm³/mol. The van der Waals surface area contributed by atoms with Crippen LogP contribution in [0.4, 0.5) is 8.78 Å². The molecule has 0 aliphatic carbocycles. The number of ether oxygens (including phenoxy) is 1. The molecule has 1 saturated heterocycles. The summed E-state index contributed by atoms with van der Waals surface area (Å²) in [6, 6.07) is 14.6. The highest BCUT2D eigenvalue weighted by Gasteiger charge is 2.31. The van der Waals surface area contributed by atoms with Crippen LogP contribution >= 0.6 is 0 Å². The lowest BCUT2D eigenvalue weighted by Gasteiger charge is -2.30. The quantitative estimate of drug-likeness (QED) is 0.912. The van der Waals surface area contributed by atoms with Crippen molar-refractivity contribution in [2.24, 2.45) is 0 Å². The highest BCUT2D eigenvalue weighted by Crippen LogP contribution is 2.30. The van der Waals surface area contributed by atoms with Crippen LogP contribution in [0.2, 0.25) is 0 Å². The van der Waals surface area contributed by atoms with Gasteiger partial charge in [-0.1, -0.05) is 42.5 Å². The number of benzene rings is 2. The van der Waals surface area contributed by atoms with Gasteiger partial charge in [0.15, 0.2) is 0 Å². The van der Waals surface area contributed by atoms with E-state index in [4.69, 9.17) is 0 Å². The van der Waals surface area contributed by atoms with Gasteiger partial charge < -0.3 is 15.0 Å². The molecule has 1 heterocycles. The third kappa shape index (κ3) is 3.99. The zero-order valence-corrected chi connectivity index (χ0v) is 13.9. The van der Waals surface area contributed by atoms with Crippen LogP contribution in [0.1, 0.15) is 28.4 Å². The number of amides is 2. The summed E-state index contributed by atoms with van der Waals surface area (Å²) >= 11 is 0. The smallest absolute Gasteiger partial charge is 0.387 e. The van der Waals surface area contributed by atoms with Crippen molar-refractivity contribution in [3.05, 3.63) is 65.7 Å². The molecule has 1 aliphatic rings. The largest absolute Gasteiger partial charge is 0.434 e. The van der Waals surface area contributed by atoms with Gasteiger partial charge in [-0.2, -0.15) is 8.78 Å². The molecule has 1 atom stereocenters. The number of carbonyl (C=O) groups is 2. The van der Waals surface area contributed by atoms with E-state index in [-0.39, 0.29) is 30.2 Å². The molecule has 1 fully saturated rings. The molecule has 0 spiro atoms. The number of para-hydroxylation sites is 1. The molecule has 1 N–H and O–H groups in total. The molecule has 5 nitrogen and oxygen atoms in total. The van der Waals surface area contributed by atoms with Crippen LogP contribution in [-0.4, -0.2) is 36.4 Å². The van der Waals surface area contributed by atoms with Gasteiger partial charge in [0.1, 0.15) is 5.75 Å². The maximum Gasteiger partial charge on any atom is 0.387 e. The number of nitrogens with zero attached hydrogens (tertiary/aromatic N) is 1. The topological polar surface area (TPSA) is 58.6 Å². The van der Waals surface area contributed by atoms with Gasteiger partial charge in [-0.25, -0.2) is 0 Å². The first kappa shape index (κ1) is 17.8. The minimum atomic E-state index is -3.03. The zero-order valence-electron chi connectivity index (χ0n) is 13.9. The summed E-state index contributed by atoms with van der Waals surface area (Å²) in [5.74, 6) is -0.791. The van der Waals surface area contributed by atoms with Gasteiger partial charge in [0.25, 0.3) is 5.91 Å². The highest BCUT2D eigenvalue weighted by atomic mass is 19.3. The summed E-state index contributed by atoms with van der Waals surface area (Å²) in [6.07, 6.45) is 0.105. The van der Waals surface area contributed by atoms with Crippen LogP contribution in [0.25, 0.3) is 0 Å².